The van der Waals surface area contributed by atoms with Gasteiger partial charge in [0.05, 0.1) is 44.2 Å². The van der Waals surface area contributed by atoms with Crippen LogP contribution in [0.2, 0.25) is 0 Å². The van der Waals surface area contributed by atoms with Gasteiger partial charge in [0.1, 0.15) is 12.4 Å². The molecule has 3 rings (SSSR count). The minimum absolute atomic E-state index is 0.0107. The average Bonchev–Trinajstić information content (AvgIpc) is 3.39. The summed E-state index contributed by atoms with van der Waals surface area (Å²) in [4.78, 5) is 38.7. The van der Waals surface area contributed by atoms with Gasteiger partial charge in [0, 0.05) is 12.5 Å². The molecule has 16 heteroatoms. The van der Waals surface area contributed by atoms with Gasteiger partial charge in [-0.2, -0.15) is 13.2 Å². The van der Waals surface area contributed by atoms with Crippen LogP contribution in [0, 0.1) is 22.0 Å². The van der Waals surface area contributed by atoms with Crippen molar-refractivity contribution >= 4 is 18.0 Å². The number of hydrogen-bond acceptors (Lipinski definition) is 12. The maximum Gasteiger partial charge on any atom is 0.416 e. The highest BCUT2D eigenvalue weighted by molar-refractivity contribution is 5.87. The lowest BCUT2D eigenvalue weighted by molar-refractivity contribution is -0.757. The Morgan fingerprint density at radius 3 is 2.51 bits per heavy atom. The molecule has 0 saturated heterocycles. The van der Waals surface area contributed by atoms with E-state index in [2.05, 4.69) is 4.84 Å². The molecule has 5 atom stereocenters. The molecule has 0 bridgehead atoms. The molecule has 1 saturated carbocycles. The molecule has 53 heavy (non-hydrogen) atoms. The Kier molecular flexibility index (Phi) is 17.5. The lowest BCUT2D eigenvalue weighted by Gasteiger charge is -2.23. The van der Waals surface area contributed by atoms with E-state index in [1.807, 2.05) is 12.2 Å². The van der Waals surface area contributed by atoms with Gasteiger partial charge >= 0.3 is 18.1 Å². The SMILES string of the molecule is COc1cc(/C=C/C(=O)OCCCCO[N+](=O)[O-])ccc1OC(=O)CCC/C=C\C[C@@H]1[C@@H](CC[C@@H](O)COc2cccc(C(F)(F)F)c2)[C@H](O)C[C@@H]1O. The topological polar surface area (TPSA) is 184 Å². The maximum atomic E-state index is 12.9. The number of methoxy groups -OCH3 is 1. The van der Waals surface area contributed by atoms with Gasteiger partial charge in [-0.15, -0.1) is 10.1 Å². The van der Waals surface area contributed by atoms with Gasteiger partial charge in [0.25, 0.3) is 5.09 Å². The van der Waals surface area contributed by atoms with Gasteiger partial charge in [-0.25, -0.2) is 4.79 Å². The third-order valence-corrected chi connectivity index (χ3v) is 8.59. The highest BCUT2D eigenvalue weighted by atomic mass is 19.4. The highest BCUT2D eigenvalue weighted by Gasteiger charge is 2.40. The van der Waals surface area contributed by atoms with Gasteiger partial charge in [-0.1, -0.05) is 24.3 Å². The van der Waals surface area contributed by atoms with E-state index >= 15 is 0 Å². The molecule has 1 aliphatic carbocycles. The molecule has 0 spiro atoms. The van der Waals surface area contributed by atoms with Gasteiger partial charge in [-0.3, -0.25) is 4.79 Å². The zero-order valence-electron chi connectivity index (χ0n) is 29.3. The summed E-state index contributed by atoms with van der Waals surface area (Å²) >= 11 is 0. The average molecular weight is 754 g/mol. The van der Waals surface area contributed by atoms with Crippen molar-refractivity contribution < 1.29 is 67.0 Å². The third-order valence-electron chi connectivity index (χ3n) is 8.59. The Balaban J connectivity index is 1.36. The smallest absolute Gasteiger partial charge is 0.416 e. The van der Waals surface area contributed by atoms with E-state index < -0.39 is 47.1 Å². The number of alkyl halides is 3. The fourth-order valence-electron chi connectivity index (χ4n) is 5.84. The maximum absolute atomic E-state index is 12.9. The number of carbonyl (C=O) groups is 2. The molecule has 292 valence electrons. The number of esters is 2. The van der Waals surface area contributed by atoms with E-state index in [1.54, 1.807) is 12.1 Å². The normalized spacial score (nSPS) is 19.3. The predicted molar refractivity (Wildman–Crippen MR) is 184 cm³/mol. The highest BCUT2D eigenvalue weighted by Crippen LogP contribution is 2.38. The van der Waals surface area contributed by atoms with E-state index in [4.69, 9.17) is 18.9 Å². The predicted octanol–water partition coefficient (Wildman–Crippen LogP) is 5.86. The number of unbranched alkanes of at least 4 members (excludes halogenated alkanes) is 2. The molecule has 0 amide bonds. The van der Waals surface area contributed by atoms with E-state index in [-0.39, 0.29) is 68.2 Å². The van der Waals surface area contributed by atoms with Crippen LogP contribution in [0.25, 0.3) is 6.08 Å². The van der Waals surface area contributed by atoms with Crippen molar-refractivity contribution in [1.29, 1.82) is 0 Å². The second-order valence-corrected chi connectivity index (χ2v) is 12.5. The summed E-state index contributed by atoms with van der Waals surface area (Å²) in [6.45, 7) is -0.217. The quantitative estimate of drug-likeness (QED) is 0.0248. The molecule has 0 unspecified atom stereocenters. The molecule has 0 heterocycles. The number of allylic oxidation sites excluding steroid dienone is 2. The van der Waals surface area contributed by atoms with E-state index in [0.29, 0.717) is 44.1 Å². The first kappa shape index (κ1) is 42.7. The molecule has 1 aliphatic rings. The Morgan fingerprint density at radius 1 is 1.02 bits per heavy atom. The van der Waals surface area contributed by atoms with Crippen LogP contribution in [-0.4, -0.2) is 77.6 Å². The zero-order valence-corrected chi connectivity index (χ0v) is 29.3. The second kappa shape index (κ2) is 21.8. The van der Waals surface area contributed by atoms with Gasteiger partial charge in [0.15, 0.2) is 11.5 Å². The minimum atomic E-state index is -4.51. The Morgan fingerprint density at radius 2 is 1.77 bits per heavy atom. The molecular weight excluding hydrogens is 707 g/mol. The monoisotopic (exact) mass is 753 g/mol. The third kappa shape index (κ3) is 15.5. The fraction of sp³-hybridized carbons (Fsp3) is 0.514. The summed E-state index contributed by atoms with van der Waals surface area (Å²) in [5, 5.41) is 40.7. The number of carbonyl (C=O) groups excluding carboxylic acids is 2. The summed E-state index contributed by atoms with van der Waals surface area (Å²) in [6.07, 6.45) is 2.71. The van der Waals surface area contributed by atoms with E-state index in [1.165, 1.54) is 37.5 Å². The van der Waals surface area contributed by atoms with E-state index in [0.717, 1.165) is 12.1 Å². The summed E-state index contributed by atoms with van der Waals surface area (Å²) in [5.41, 5.74) is -0.262. The van der Waals surface area contributed by atoms with Gasteiger partial charge < -0.3 is 39.1 Å². The molecular formula is C37H46F3NO12. The van der Waals surface area contributed by atoms with Crippen LogP contribution < -0.4 is 14.2 Å². The summed E-state index contributed by atoms with van der Waals surface area (Å²) in [7, 11) is 1.41. The molecule has 0 radical (unpaired) electrons. The zero-order chi connectivity index (χ0) is 38.8. The Bertz CT molecular complexity index is 1530. The van der Waals surface area contributed by atoms with Crippen molar-refractivity contribution in [3.8, 4) is 17.2 Å². The van der Waals surface area contributed by atoms with Crippen molar-refractivity contribution in [3.63, 3.8) is 0 Å². The van der Waals surface area contributed by atoms with Crippen LogP contribution in [0.3, 0.4) is 0 Å². The summed E-state index contributed by atoms with van der Waals surface area (Å²) in [6, 6.07) is 9.15. The number of hydrogen-bond donors (Lipinski definition) is 3. The van der Waals surface area contributed by atoms with Crippen molar-refractivity contribution in [2.45, 2.75) is 82.3 Å². The molecule has 0 aliphatic heterocycles. The van der Waals surface area contributed by atoms with Crippen molar-refractivity contribution in [3.05, 3.63) is 81.9 Å². The van der Waals surface area contributed by atoms with Crippen LogP contribution in [0.5, 0.6) is 17.2 Å². The van der Waals surface area contributed by atoms with Gasteiger partial charge in [0.2, 0.25) is 0 Å². The van der Waals surface area contributed by atoms with E-state index in [9.17, 15) is 48.2 Å². The summed E-state index contributed by atoms with van der Waals surface area (Å²) < 4.78 is 60.0. The number of halogens is 3. The first-order valence-electron chi connectivity index (χ1n) is 17.3. The minimum Gasteiger partial charge on any atom is -0.493 e. The van der Waals surface area contributed by atoms with Crippen LogP contribution in [-0.2, 0) is 25.3 Å². The number of ether oxygens (including phenoxy) is 4. The molecule has 2 aromatic carbocycles. The number of rotatable bonds is 22. The Labute approximate surface area is 305 Å². The first-order valence-corrected chi connectivity index (χ1v) is 17.3. The van der Waals surface area contributed by atoms with Crippen molar-refractivity contribution in [2.24, 2.45) is 11.8 Å². The van der Waals surface area contributed by atoms with Crippen LogP contribution in [0.4, 0.5) is 13.2 Å². The largest absolute Gasteiger partial charge is 0.493 e. The molecule has 3 N–H and O–H groups in total. The number of aliphatic hydroxyl groups is 3. The first-order chi connectivity index (χ1) is 25.3. The lowest BCUT2D eigenvalue weighted by Crippen LogP contribution is -2.25. The van der Waals surface area contributed by atoms with Crippen molar-refractivity contribution in [2.75, 3.05) is 26.9 Å². The van der Waals surface area contributed by atoms with Crippen LogP contribution in [0.1, 0.15) is 68.9 Å². The molecule has 0 aromatic heterocycles. The molecule has 2 aromatic rings. The lowest BCUT2D eigenvalue weighted by atomic mass is 9.86. The fourth-order valence-corrected chi connectivity index (χ4v) is 5.84. The molecule has 1 fully saturated rings. The van der Waals surface area contributed by atoms with Crippen LogP contribution >= 0.6 is 0 Å². The number of aliphatic hydroxyl groups excluding tert-OH is 3. The van der Waals surface area contributed by atoms with Gasteiger partial charge in [-0.05, 0) is 105 Å². The second-order valence-electron chi connectivity index (χ2n) is 12.5. The van der Waals surface area contributed by atoms with Crippen molar-refractivity contribution in [1.82, 2.24) is 0 Å². The standard InChI is InChI=1S/C37H46F3NO12/c1-49-34-21-25(14-18-35(45)50-19-6-7-20-52-41(47)48)13-17-33(34)53-36(46)12-5-3-2-4-11-29-30(32(44)23-31(29)43)16-15-27(42)24-51-28-10-8-9-26(22-28)37(38,39)40/h2,4,8-10,13-14,17-18,21-22,27,29-32,42-44H,3,5-7,11-12,15-16,19-20,23-24H2,1H3/b4-2-,18-14+/t27-,29-,30-,31+,32-/m1/s1. The van der Waals surface area contributed by atoms with Crippen LogP contribution in [0.15, 0.2) is 60.7 Å². The summed E-state index contributed by atoms with van der Waals surface area (Å²) in [5.74, 6) is -1.15. The Hall–Kier alpha value is -4.67. The molecule has 13 nitrogen and oxygen atoms in total. The number of nitrogens with zero attached hydrogens (tertiary/aromatic N) is 1. The number of benzene rings is 2.